The summed E-state index contributed by atoms with van der Waals surface area (Å²) >= 11 is 0. The van der Waals surface area contributed by atoms with Gasteiger partial charge in [0.1, 0.15) is 0 Å². The third-order valence-corrected chi connectivity index (χ3v) is 4.10. The Kier molecular flexibility index (Phi) is 2.74. The average Bonchev–Trinajstić information content (AvgIpc) is 2.92. The summed E-state index contributed by atoms with van der Waals surface area (Å²) < 4.78 is 0. The summed E-state index contributed by atoms with van der Waals surface area (Å²) in [7, 11) is 3.56. The van der Waals surface area contributed by atoms with Crippen LogP contribution in [-0.4, -0.2) is 38.1 Å². The SMILES string of the molecule is CN(C)C(=O)N[C@H]1c2ccccc2[C@@H]2CNC[C@@H]21. The number of fused-ring (bicyclic) bond motifs is 3. The van der Waals surface area contributed by atoms with E-state index in [9.17, 15) is 4.79 Å². The van der Waals surface area contributed by atoms with Gasteiger partial charge in [0.15, 0.2) is 0 Å². The number of nitrogens with one attached hydrogen (secondary N) is 2. The van der Waals surface area contributed by atoms with Gasteiger partial charge >= 0.3 is 6.03 Å². The maximum Gasteiger partial charge on any atom is 0.317 e. The minimum atomic E-state index is -0.0117. The van der Waals surface area contributed by atoms with E-state index in [1.54, 1.807) is 19.0 Å². The number of hydrogen-bond acceptors (Lipinski definition) is 2. The summed E-state index contributed by atoms with van der Waals surface area (Å²) in [6, 6.07) is 8.63. The zero-order valence-corrected chi connectivity index (χ0v) is 10.8. The molecule has 3 atom stereocenters. The smallest absolute Gasteiger partial charge is 0.317 e. The van der Waals surface area contributed by atoms with Gasteiger partial charge in [-0.1, -0.05) is 24.3 Å². The molecule has 0 unspecified atom stereocenters. The quantitative estimate of drug-likeness (QED) is 0.783. The predicted molar refractivity (Wildman–Crippen MR) is 70.5 cm³/mol. The van der Waals surface area contributed by atoms with Crippen LogP contribution in [0.5, 0.6) is 0 Å². The number of amides is 2. The van der Waals surface area contributed by atoms with E-state index in [1.165, 1.54) is 11.1 Å². The molecule has 3 rings (SSSR count). The van der Waals surface area contributed by atoms with Crippen molar-refractivity contribution in [3.05, 3.63) is 35.4 Å². The van der Waals surface area contributed by atoms with Crippen LogP contribution in [0.2, 0.25) is 0 Å². The number of benzene rings is 1. The van der Waals surface area contributed by atoms with E-state index in [0.717, 1.165) is 13.1 Å². The Morgan fingerprint density at radius 1 is 1.28 bits per heavy atom. The maximum absolute atomic E-state index is 11.9. The molecule has 4 heteroatoms. The Morgan fingerprint density at radius 2 is 2.00 bits per heavy atom. The van der Waals surface area contributed by atoms with Crippen molar-refractivity contribution in [3.63, 3.8) is 0 Å². The third-order valence-electron chi connectivity index (χ3n) is 4.10. The van der Waals surface area contributed by atoms with Crippen LogP contribution in [0, 0.1) is 5.92 Å². The van der Waals surface area contributed by atoms with E-state index in [2.05, 4.69) is 34.9 Å². The number of carbonyl (C=O) groups is 1. The molecule has 96 valence electrons. The fourth-order valence-electron chi connectivity index (χ4n) is 3.20. The minimum Gasteiger partial charge on any atom is -0.331 e. The molecular formula is C14H19N3O. The minimum absolute atomic E-state index is 0.0117. The van der Waals surface area contributed by atoms with Gasteiger partial charge in [0.25, 0.3) is 0 Å². The van der Waals surface area contributed by atoms with Crippen LogP contribution in [0.4, 0.5) is 4.79 Å². The standard InChI is InChI=1S/C14H19N3O/c1-17(2)14(18)16-13-10-6-4-3-5-9(10)11-7-15-8-12(11)13/h3-6,11-13,15H,7-8H2,1-2H3,(H,16,18)/t11-,12-,13-/m0/s1. The van der Waals surface area contributed by atoms with Crippen molar-refractivity contribution in [1.29, 1.82) is 0 Å². The number of rotatable bonds is 1. The van der Waals surface area contributed by atoms with Gasteiger partial charge in [-0.15, -0.1) is 0 Å². The van der Waals surface area contributed by atoms with E-state index in [-0.39, 0.29) is 12.1 Å². The Hall–Kier alpha value is -1.55. The number of hydrogen-bond donors (Lipinski definition) is 2. The van der Waals surface area contributed by atoms with Gasteiger partial charge < -0.3 is 15.5 Å². The number of nitrogens with zero attached hydrogens (tertiary/aromatic N) is 1. The summed E-state index contributed by atoms with van der Waals surface area (Å²) in [6.45, 7) is 2.01. The monoisotopic (exact) mass is 245 g/mol. The van der Waals surface area contributed by atoms with E-state index in [1.807, 2.05) is 0 Å². The molecule has 2 aliphatic rings. The highest BCUT2D eigenvalue weighted by Crippen LogP contribution is 2.46. The lowest BCUT2D eigenvalue weighted by Gasteiger charge is -2.23. The van der Waals surface area contributed by atoms with Gasteiger partial charge in [-0.2, -0.15) is 0 Å². The lowest BCUT2D eigenvalue weighted by atomic mass is 9.94. The van der Waals surface area contributed by atoms with E-state index < -0.39 is 0 Å². The van der Waals surface area contributed by atoms with Crippen molar-refractivity contribution in [2.75, 3.05) is 27.2 Å². The third kappa shape index (κ3) is 1.68. The highest BCUT2D eigenvalue weighted by atomic mass is 16.2. The fraction of sp³-hybridized carbons (Fsp3) is 0.500. The molecule has 0 spiro atoms. The zero-order valence-electron chi connectivity index (χ0n) is 10.8. The van der Waals surface area contributed by atoms with Gasteiger partial charge in [0.05, 0.1) is 6.04 Å². The molecule has 0 radical (unpaired) electrons. The van der Waals surface area contributed by atoms with Crippen LogP contribution in [-0.2, 0) is 0 Å². The Bertz CT molecular complexity index is 472. The second-order valence-corrected chi connectivity index (χ2v) is 5.38. The summed E-state index contributed by atoms with van der Waals surface area (Å²) in [6.07, 6.45) is 0. The summed E-state index contributed by atoms with van der Waals surface area (Å²) in [4.78, 5) is 13.5. The molecule has 2 amide bonds. The molecule has 1 fully saturated rings. The molecule has 1 aliphatic heterocycles. The van der Waals surface area contributed by atoms with Crippen LogP contribution in [0.15, 0.2) is 24.3 Å². The average molecular weight is 245 g/mol. The van der Waals surface area contributed by atoms with Crippen molar-refractivity contribution in [1.82, 2.24) is 15.5 Å². The zero-order chi connectivity index (χ0) is 12.7. The molecule has 1 aliphatic carbocycles. The Labute approximate surface area is 107 Å². The van der Waals surface area contributed by atoms with Crippen molar-refractivity contribution in [2.24, 2.45) is 5.92 Å². The van der Waals surface area contributed by atoms with E-state index >= 15 is 0 Å². The van der Waals surface area contributed by atoms with Crippen molar-refractivity contribution < 1.29 is 4.79 Å². The lowest BCUT2D eigenvalue weighted by molar-refractivity contribution is 0.209. The first-order valence-corrected chi connectivity index (χ1v) is 6.46. The molecule has 1 saturated heterocycles. The van der Waals surface area contributed by atoms with Gasteiger partial charge in [0, 0.05) is 39.0 Å². The Morgan fingerprint density at radius 3 is 2.72 bits per heavy atom. The molecule has 2 N–H and O–H groups in total. The largest absolute Gasteiger partial charge is 0.331 e. The lowest BCUT2D eigenvalue weighted by Crippen LogP contribution is -2.39. The van der Waals surface area contributed by atoms with Crippen LogP contribution in [0.1, 0.15) is 23.1 Å². The fourth-order valence-corrected chi connectivity index (χ4v) is 3.20. The molecular weight excluding hydrogens is 226 g/mol. The summed E-state index contributed by atoms with van der Waals surface area (Å²) in [5, 5.41) is 6.59. The van der Waals surface area contributed by atoms with Crippen LogP contribution >= 0.6 is 0 Å². The van der Waals surface area contributed by atoms with E-state index in [0.29, 0.717) is 11.8 Å². The molecule has 0 saturated carbocycles. The molecule has 1 aromatic carbocycles. The number of urea groups is 1. The summed E-state index contributed by atoms with van der Waals surface area (Å²) in [5.74, 6) is 1.04. The Balaban J connectivity index is 1.91. The van der Waals surface area contributed by atoms with Crippen LogP contribution in [0.3, 0.4) is 0 Å². The predicted octanol–water partition coefficient (Wildman–Crippen LogP) is 1.32. The highest BCUT2D eigenvalue weighted by Gasteiger charge is 2.43. The second kappa shape index (κ2) is 4.28. The molecule has 4 nitrogen and oxygen atoms in total. The maximum atomic E-state index is 11.9. The van der Waals surface area contributed by atoms with Gasteiger partial charge in [-0.3, -0.25) is 0 Å². The van der Waals surface area contributed by atoms with Gasteiger partial charge in [0.2, 0.25) is 0 Å². The van der Waals surface area contributed by atoms with Crippen LogP contribution in [0.25, 0.3) is 0 Å². The second-order valence-electron chi connectivity index (χ2n) is 5.38. The van der Waals surface area contributed by atoms with E-state index in [4.69, 9.17) is 0 Å². The summed E-state index contributed by atoms with van der Waals surface area (Å²) in [5.41, 5.74) is 2.70. The van der Waals surface area contributed by atoms with Crippen molar-refractivity contribution in [2.45, 2.75) is 12.0 Å². The molecule has 0 bridgehead atoms. The first-order chi connectivity index (χ1) is 8.68. The molecule has 1 heterocycles. The van der Waals surface area contributed by atoms with Crippen molar-refractivity contribution in [3.8, 4) is 0 Å². The molecule has 1 aromatic rings. The first-order valence-electron chi connectivity index (χ1n) is 6.46. The first kappa shape index (κ1) is 11.5. The highest BCUT2D eigenvalue weighted by molar-refractivity contribution is 5.74. The van der Waals surface area contributed by atoms with Gasteiger partial charge in [-0.25, -0.2) is 4.79 Å². The molecule has 18 heavy (non-hydrogen) atoms. The topological polar surface area (TPSA) is 44.4 Å². The normalized spacial score (nSPS) is 28.7. The van der Waals surface area contributed by atoms with Crippen LogP contribution < -0.4 is 10.6 Å². The van der Waals surface area contributed by atoms with Gasteiger partial charge in [-0.05, 0) is 11.1 Å². The van der Waals surface area contributed by atoms with Crippen molar-refractivity contribution >= 4 is 6.03 Å². The molecule has 0 aromatic heterocycles. The number of carbonyl (C=O) groups excluding carboxylic acids is 1.